The van der Waals surface area contributed by atoms with Crippen LogP contribution in [0.5, 0.6) is 0 Å². The number of carbonyl (C=O) groups is 1. The van der Waals surface area contributed by atoms with Crippen molar-refractivity contribution in [3.05, 3.63) is 23.4 Å². The molecule has 22 heavy (non-hydrogen) atoms. The van der Waals surface area contributed by atoms with Crippen LogP contribution in [0.2, 0.25) is 0 Å². The monoisotopic (exact) mass is 303 g/mol. The Labute approximate surface area is 129 Å². The van der Waals surface area contributed by atoms with Crippen LogP contribution in [0.1, 0.15) is 13.3 Å². The molecule has 6 heteroatoms. The van der Waals surface area contributed by atoms with Gasteiger partial charge in [-0.05, 0) is 24.1 Å². The summed E-state index contributed by atoms with van der Waals surface area (Å²) in [5.74, 6) is 0.173. The summed E-state index contributed by atoms with van der Waals surface area (Å²) in [6.45, 7) is 5.14. The van der Waals surface area contributed by atoms with Gasteiger partial charge in [0.15, 0.2) is 0 Å². The van der Waals surface area contributed by atoms with E-state index in [1.807, 2.05) is 6.08 Å². The maximum absolute atomic E-state index is 12.9. The van der Waals surface area contributed by atoms with Crippen LogP contribution in [-0.4, -0.2) is 45.1 Å². The minimum Gasteiger partial charge on any atom is -0.464 e. The van der Waals surface area contributed by atoms with E-state index >= 15 is 0 Å². The molecule has 2 unspecified atom stereocenters. The summed E-state index contributed by atoms with van der Waals surface area (Å²) >= 11 is 0. The van der Waals surface area contributed by atoms with E-state index in [0.29, 0.717) is 32.3 Å². The molecule has 4 rings (SSSR count). The Hall–Kier alpha value is -1.66. The zero-order chi connectivity index (χ0) is 15.2. The van der Waals surface area contributed by atoms with Crippen LogP contribution in [0, 0.1) is 16.7 Å². The maximum atomic E-state index is 12.9. The number of hydrogen-bond donors (Lipinski definition) is 2. The molecule has 0 saturated carbocycles. The van der Waals surface area contributed by atoms with Crippen molar-refractivity contribution in [2.45, 2.75) is 13.3 Å². The van der Waals surface area contributed by atoms with Crippen LogP contribution in [0.4, 0.5) is 0 Å². The molecule has 0 amide bonds. The molecule has 0 radical (unpaired) electrons. The van der Waals surface area contributed by atoms with Crippen molar-refractivity contribution >= 4 is 12.2 Å². The summed E-state index contributed by atoms with van der Waals surface area (Å²) in [6, 6.07) is 0. The lowest BCUT2D eigenvalue weighted by molar-refractivity contribution is -0.173. The highest BCUT2D eigenvalue weighted by molar-refractivity contribution is 5.88. The molecule has 2 atom stereocenters. The van der Waals surface area contributed by atoms with Crippen molar-refractivity contribution < 1.29 is 14.3 Å². The highest BCUT2D eigenvalue weighted by atomic mass is 16.5. The number of fused-ring (bicyclic) bond motifs is 2. The summed E-state index contributed by atoms with van der Waals surface area (Å²) in [5, 5.41) is 0. The molecule has 0 aromatic carbocycles. The van der Waals surface area contributed by atoms with Crippen LogP contribution >= 0.6 is 0 Å². The standard InChI is InChI=1S/C16H21N3O3/c1-15(8-21-9-15)10-22-14(20)16-5-11-6-18-19-13(11)4-12(16)2-3-17-7-16/h2-4,11,18-19H,5-10H2,1H3. The third kappa shape index (κ3) is 2.09. The molecule has 118 valence electrons. The Morgan fingerprint density at radius 1 is 1.55 bits per heavy atom. The smallest absolute Gasteiger partial charge is 0.318 e. The average molecular weight is 303 g/mol. The van der Waals surface area contributed by atoms with E-state index in [0.717, 1.165) is 24.2 Å². The number of nitrogens with zero attached hydrogens (tertiary/aromatic N) is 1. The third-order valence-corrected chi connectivity index (χ3v) is 5.04. The molecule has 0 aromatic rings. The largest absolute Gasteiger partial charge is 0.464 e. The topological polar surface area (TPSA) is 72.0 Å². The molecule has 2 saturated heterocycles. The van der Waals surface area contributed by atoms with E-state index in [-0.39, 0.29) is 11.4 Å². The number of esters is 1. The predicted molar refractivity (Wildman–Crippen MR) is 81.1 cm³/mol. The molecule has 2 N–H and O–H groups in total. The molecule has 0 aromatic heterocycles. The first kappa shape index (κ1) is 14.0. The van der Waals surface area contributed by atoms with Crippen molar-refractivity contribution in [1.29, 1.82) is 0 Å². The van der Waals surface area contributed by atoms with Crippen molar-refractivity contribution in [3.63, 3.8) is 0 Å². The molecular formula is C16H21N3O3. The van der Waals surface area contributed by atoms with Crippen molar-refractivity contribution in [2.75, 3.05) is 32.9 Å². The summed E-state index contributed by atoms with van der Waals surface area (Å²) in [6.07, 6.45) is 6.53. The van der Waals surface area contributed by atoms with E-state index in [9.17, 15) is 4.79 Å². The van der Waals surface area contributed by atoms with Crippen LogP contribution < -0.4 is 10.9 Å². The maximum Gasteiger partial charge on any atom is 0.318 e. The number of allylic oxidation sites excluding steroid dienone is 2. The SMILES string of the molecule is CC1(COC(=O)C23CN=CC=C2C=C2NNCC2C3)COC1. The predicted octanol–water partition coefficient (Wildman–Crippen LogP) is 0.575. The number of aliphatic imine (C=N–C) groups is 1. The molecular weight excluding hydrogens is 282 g/mol. The van der Waals surface area contributed by atoms with Crippen molar-refractivity contribution in [3.8, 4) is 0 Å². The fourth-order valence-electron chi connectivity index (χ4n) is 3.55. The van der Waals surface area contributed by atoms with Gasteiger partial charge in [0.1, 0.15) is 12.0 Å². The number of hydrazine groups is 1. The number of dihydropyridines is 1. The van der Waals surface area contributed by atoms with Gasteiger partial charge in [0.05, 0.1) is 19.8 Å². The van der Waals surface area contributed by atoms with Gasteiger partial charge in [-0.15, -0.1) is 0 Å². The van der Waals surface area contributed by atoms with E-state index in [4.69, 9.17) is 9.47 Å². The average Bonchev–Trinajstić information content (AvgIpc) is 2.95. The zero-order valence-electron chi connectivity index (χ0n) is 12.7. The summed E-state index contributed by atoms with van der Waals surface area (Å²) in [5.41, 5.74) is 7.84. The molecule has 0 bridgehead atoms. The lowest BCUT2D eigenvalue weighted by Crippen LogP contribution is -2.48. The van der Waals surface area contributed by atoms with Gasteiger partial charge in [0.2, 0.25) is 0 Å². The van der Waals surface area contributed by atoms with E-state index in [1.54, 1.807) is 6.21 Å². The highest BCUT2D eigenvalue weighted by Gasteiger charge is 2.50. The lowest BCUT2D eigenvalue weighted by atomic mass is 9.68. The number of hydrogen-bond acceptors (Lipinski definition) is 6. The molecule has 3 heterocycles. The summed E-state index contributed by atoms with van der Waals surface area (Å²) < 4.78 is 10.9. The van der Waals surface area contributed by atoms with Crippen molar-refractivity contribution in [1.82, 2.24) is 10.9 Å². The Bertz CT molecular complexity index is 591. The van der Waals surface area contributed by atoms with Crippen LogP contribution in [0.3, 0.4) is 0 Å². The second kappa shape index (κ2) is 4.93. The number of rotatable bonds is 3. The second-order valence-corrected chi connectivity index (χ2v) is 7.08. The fraction of sp³-hybridized carbons (Fsp3) is 0.625. The number of carbonyl (C=O) groups excluding carboxylic acids is 1. The van der Waals surface area contributed by atoms with Crippen molar-refractivity contribution in [2.24, 2.45) is 21.7 Å². The Morgan fingerprint density at radius 3 is 3.18 bits per heavy atom. The Morgan fingerprint density at radius 2 is 2.41 bits per heavy atom. The second-order valence-electron chi connectivity index (χ2n) is 7.08. The number of nitrogens with one attached hydrogen (secondary N) is 2. The number of ether oxygens (including phenoxy) is 2. The van der Waals surface area contributed by atoms with Gasteiger partial charge >= 0.3 is 5.97 Å². The van der Waals surface area contributed by atoms with Gasteiger partial charge < -0.3 is 14.9 Å². The van der Waals surface area contributed by atoms with E-state index in [1.165, 1.54) is 0 Å². The Kier molecular flexibility index (Phi) is 3.13. The Balaban J connectivity index is 1.56. The van der Waals surface area contributed by atoms with Gasteiger partial charge in [-0.2, -0.15) is 0 Å². The molecule has 3 aliphatic heterocycles. The molecule has 6 nitrogen and oxygen atoms in total. The first-order valence-corrected chi connectivity index (χ1v) is 7.77. The first-order valence-electron chi connectivity index (χ1n) is 7.77. The summed E-state index contributed by atoms with van der Waals surface area (Å²) in [7, 11) is 0. The molecule has 4 aliphatic rings. The van der Waals surface area contributed by atoms with Gasteiger partial charge in [-0.25, -0.2) is 5.43 Å². The van der Waals surface area contributed by atoms with Gasteiger partial charge in [0, 0.05) is 29.8 Å². The zero-order valence-corrected chi connectivity index (χ0v) is 12.7. The fourth-order valence-corrected chi connectivity index (χ4v) is 3.55. The van der Waals surface area contributed by atoms with Gasteiger partial charge in [-0.3, -0.25) is 9.79 Å². The summed E-state index contributed by atoms with van der Waals surface area (Å²) in [4.78, 5) is 17.2. The van der Waals surface area contributed by atoms with E-state index < -0.39 is 5.41 Å². The van der Waals surface area contributed by atoms with Gasteiger partial charge in [0.25, 0.3) is 0 Å². The molecule has 2 fully saturated rings. The minimum atomic E-state index is -0.627. The van der Waals surface area contributed by atoms with Gasteiger partial charge in [-0.1, -0.05) is 6.92 Å². The quantitative estimate of drug-likeness (QED) is 0.746. The van der Waals surface area contributed by atoms with Crippen LogP contribution in [0.15, 0.2) is 28.4 Å². The first-order chi connectivity index (χ1) is 10.6. The van der Waals surface area contributed by atoms with Crippen LogP contribution in [0.25, 0.3) is 0 Å². The van der Waals surface area contributed by atoms with Crippen LogP contribution in [-0.2, 0) is 14.3 Å². The molecule has 1 aliphatic carbocycles. The normalized spacial score (nSPS) is 34.5. The molecule has 0 spiro atoms. The lowest BCUT2D eigenvalue weighted by Gasteiger charge is -2.41. The third-order valence-electron chi connectivity index (χ3n) is 5.04. The van der Waals surface area contributed by atoms with E-state index in [2.05, 4.69) is 28.8 Å². The minimum absolute atomic E-state index is 0.0275. The highest BCUT2D eigenvalue weighted by Crippen LogP contribution is 2.45.